The summed E-state index contributed by atoms with van der Waals surface area (Å²) in [5.41, 5.74) is 4.11. The van der Waals surface area contributed by atoms with E-state index in [0.717, 1.165) is 41.9 Å². The Morgan fingerprint density at radius 3 is 2.86 bits per heavy atom. The molecule has 0 saturated carbocycles. The molecule has 0 spiro atoms. The molecule has 5 heteroatoms. The number of aliphatic carboxylic acids is 1. The van der Waals surface area contributed by atoms with Gasteiger partial charge in [0.15, 0.2) is 0 Å². The van der Waals surface area contributed by atoms with E-state index in [-0.39, 0.29) is 12.5 Å². The first-order valence-corrected chi connectivity index (χ1v) is 7.33. The highest BCUT2D eigenvalue weighted by Gasteiger charge is 2.24. The zero-order valence-electron chi connectivity index (χ0n) is 12.4. The summed E-state index contributed by atoms with van der Waals surface area (Å²) in [5.74, 6) is 0.189. The lowest BCUT2D eigenvalue weighted by molar-refractivity contribution is -0.137. The smallest absolute Gasteiger partial charge is 0.323 e. The highest BCUT2D eigenvalue weighted by Crippen LogP contribution is 2.29. The van der Waals surface area contributed by atoms with Crippen molar-refractivity contribution in [1.82, 2.24) is 9.55 Å². The van der Waals surface area contributed by atoms with Crippen LogP contribution in [0, 0.1) is 13.8 Å². The van der Waals surface area contributed by atoms with Gasteiger partial charge in [0.2, 0.25) is 0 Å². The fourth-order valence-corrected chi connectivity index (χ4v) is 2.96. The molecule has 1 fully saturated rings. The number of carbonyl (C=O) groups is 1. The van der Waals surface area contributed by atoms with E-state index in [2.05, 4.69) is 0 Å². The molecule has 1 aliphatic rings. The number of hydrogen-bond acceptors (Lipinski definition) is 3. The number of rotatable bonds is 3. The lowest BCUT2D eigenvalue weighted by atomic mass is 10.0. The lowest BCUT2D eigenvalue weighted by Gasteiger charge is -2.22. The summed E-state index contributed by atoms with van der Waals surface area (Å²) in [6.07, 6.45) is 2.00. The molecule has 0 bridgehead atoms. The SMILES string of the molecule is Cc1cc2nc(C3CCCOC3)n(CC(=O)O)c2cc1C. The van der Waals surface area contributed by atoms with Gasteiger partial charge in [-0.1, -0.05) is 0 Å². The molecule has 21 heavy (non-hydrogen) atoms. The highest BCUT2D eigenvalue weighted by molar-refractivity contribution is 5.80. The fraction of sp³-hybridized carbons (Fsp3) is 0.500. The van der Waals surface area contributed by atoms with Crippen LogP contribution in [0.1, 0.15) is 35.7 Å². The quantitative estimate of drug-likeness (QED) is 0.943. The number of aryl methyl sites for hydroxylation is 2. The van der Waals surface area contributed by atoms with Crippen molar-refractivity contribution < 1.29 is 14.6 Å². The molecule has 1 N–H and O–H groups in total. The molecule has 5 nitrogen and oxygen atoms in total. The van der Waals surface area contributed by atoms with Gasteiger partial charge in [-0.25, -0.2) is 4.98 Å². The molecule has 0 radical (unpaired) electrons. The molecule has 1 aromatic carbocycles. The Labute approximate surface area is 123 Å². The number of aromatic nitrogens is 2. The van der Waals surface area contributed by atoms with Gasteiger partial charge >= 0.3 is 5.97 Å². The normalized spacial score (nSPS) is 19.0. The first-order chi connectivity index (χ1) is 10.1. The summed E-state index contributed by atoms with van der Waals surface area (Å²) in [7, 11) is 0. The second kappa shape index (κ2) is 5.48. The van der Waals surface area contributed by atoms with Gasteiger partial charge in [0.25, 0.3) is 0 Å². The van der Waals surface area contributed by atoms with Gasteiger partial charge in [-0.3, -0.25) is 4.79 Å². The van der Waals surface area contributed by atoms with Crippen molar-refractivity contribution in [3.8, 4) is 0 Å². The summed E-state index contributed by atoms with van der Waals surface area (Å²) < 4.78 is 7.38. The van der Waals surface area contributed by atoms with E-state index in [4.69, 9.17) is 9.72 Å². The standard InChI is InChI=1S/C16H20N2O3/c1-10-6-13-14(7-11(10)2)18(8-15(19)20)16(17-13)12-4-3-5-21-9-12/h6-7,12H,3-5,8-9H2,1-2H3,(H,19,20). The van der Waals surface area contributed by atoms with Gasteiger partial charge in [-0.05, 0) is 49.9 Å². The second-order valence-corrected chi connectivity index (χ2v) is 5.79. The molecule has 1 saturated heterocycles. The van der Waals surface area contributed by atoms with Crippen LogP contribution in [0.25, 0.3) is 11.0 Å². The Balaban J connectivity index is 2.14. The number of imidazole rings is 1. The van der Waals surface area contributed by atoms with Gasteiger partial charge < -0.3 is 14.4 Å². The summed E-state index contributed by atoms with van der Waals surface area (Å²) in [5, 5.41) is 9.21. The minimum absolute atomic E-state index is 0.0508. The number of fused-ring (bicyclic) bond motifs is 1. The molecule has 3 rings (SSSR count). The Hall–Kier alpha value is -1.88. The molecule has 2 heterocycles. The van der Waals surface area contributed by atoms with E-state index in [1.54, 1.807) is 0 Å². The van der Waals surface area contributed by atoms with E-state index in [1.807, 2.05) is 30.5 Å². The zero-order chi connectivity index (χ0) is 15.0. The number of carboxylic acid groups (broad SMARTS) is 1. The molecule has 0 aliphatic carbocycles. The summed E-state index contributed by atoms with van der Waals surface area (Å²) in [4.78, 5) is 15.9. The molecule has 112 valence electrons. The van der Waals surface area contributed by atoms with Crippen molar-refractivity contribution in [1.29, 1.82) is 0 Å². The minimum Gasteiger partial charge on any atom is -0.480 e. The maximum Gasteiger partial charge on any atom is 0.323 e. The Morgan fingerprint density at radius 2 is 2.19 bits per heavy atom. The second-order valence-electron chi connectivity index (χ2n) is 5.79. The number of benzene rings is 1. The van der Waals surface area contributed by atoms with Crippen LogP contribution in [0.2, 0.25) is 0 Å². The Morgan fingerprint density at radius 1 is 1.43 bits per heavy atom. The van der Waals surface area contributed by atoms with E-state index in [1.165, 1.54) is 5.56 Å². The van der Waals surface area contributed by atoms with Crippen molar-refractivity contribution >= 4 is 17.0 Å². The van der Waals surface area contributed by atoms with Crippen molar-refractivity contribution in [3.63, 3.8) is 0 Å². The molecule has 0 amide bonds. The van der Waals surface area contributed by atoms with Crippen molar-refractivity contribution in [2.24, 2.45) is 0 Å². The summed E-state index contributed by atoms with van der Waals surface area (Å²) >= 11 is 0. The van der Waals surface area contributed by atoms with E-state index < -0.39 is 5.97 Å². The first kappa shape index (κ1) is 14.1. The van der Waals surface area contributed by atoms with Crippen LogP contribution < -0.4 is 0 Å². The predicted octanol–water partition coefficient (Wildman–Crippen LogP) is 2.63. The van der Waals surface area contributed by atoms with E-state index >= 15 is 0 Å². The van der Waals surface area contributed by atoms with E-state index in [0.29, 0.717) is 6.61 Å². The minimum atomic E-state index is -0.842. The van der Waals surface area contributed by atoms with Crippen LogP contribution in [0.4, 0.5) is 0 Å². The molecule has 1 aromatic heterocycles. The number of carboxylic acids is 1. The van der Waals surface area contributed by atoms with Crippen LogP contribution in [0.3, 0.4) is 0 Å². The third-order valence-electron chi connectivity index (χ3n) is 4.21. The number of hydrogen-bond donors (Lipinski definition) is 1. The number of nitrogens with zero attached hydrogens (tertiary/aromatic N) is 2. The van der Waals surface area contributed by atoms with Gasteiger partial charge in [0.05, 0.1) is 17.6 Å². The molecule has 1 unspecified atom stereocenters. The van der Waals surface area contributed by atoms with Gasteiger partial charge in [-0.15, -0.1) is 0 Å². The summed E-state index contributed by atoms with van der Waals surface area (Å²) in [6.45, 7) is 5.45. The van der Waals surface area contributed by atoms with Crippen molar-refractivity contribution in [3.05, 3.63) is 29.1 Å². The largest absolute Gasteiger partial charge is 0.480 e. The lowest BCUT2D eigenvalue weighted by Crippen LogP contribution is -2.21. The average molecular weight is 288 g/mol. The highest BCUT2D eigenvalue weighted by atomic mass is 16.5. The monoisotopic (exact) mass is 288 g/mol. The molecule has 1 aliphatic heterocycles. The molecule has 1 atom stereocenters. The molecular weight excluding hydrogens is 268 g/mol. The van der Waals surface area contributed by atoms with Gasteiger partial charge in [-0.2, -0.15) is 0 Å². The summed E-state index contributed by atoms with van der Waals surface area (Å²) in [6, 6.07) is 4.07. The molecular formula is C16H20N2O3. The molecule has 2 aromatic rings. The Kier molecular flexibility index (Phi) is 3.68. The average Bonchev–Trinajstić information content (AvgIpc) is 2.78. The fourth-order valence-electron chi connectivity index (χ4n) is 2.96. The number of ether oxygens (including phenoxy) is 1. The van der Waals surface area contributed by atoms with Gasteiger partial charge in [0, 0.05) is 12.5 Å². The Bertz CT molecular complexity index is 684. The van der Waals surface area contributed by atoms with Crippen LogP contribution in [-0.2, 0) is 16.1 Å². The topological polar surface area (TPSA) is 64.4 Å². The first-order valence-electron chi connectivity index (χ1n) is 7.33. The van der Waals surface area contributed by atoms with Crippen LogP contribution in [0.15, 0.2) is 12.1 Å². The zero-order valence-corrected chi connectivity index (χ0v) is 12.4. The van der Waals surface area contributed by atoms with Crippen LogP contribution >= 0.6 is 0 Å². The maximum atomic E-state index is 11.2. The van der Waals surface area contributed by atoms with Crippen LogP contribution in [0.5, 0.6) is 0 Å². The third-order valence-corrected chi connectivity index (χ3v) is 4.21. The predicted molar refractivity (Wildman–Crippen MR) is 79.6 cm³/mol. The van der Waals surface area contributed by atoms with Crippen molar-refractivity contribution in [2.45, 2.75) is 39.2 Å². The van der Waals surface area contributed by atoms with Gasteiger partial charge in [0.1, 0.15) is 12.4 Å². The third kappa shape index (κ3) is 2.65. The van der Waals surface area contributed by atoms with E-state index in [9.17, 15) is 9.90 Å². The maximum absolute atomic E-state index is 11.2. The van der Waals surface area contributed by atoms with Crippen molar-refractivity contribution in [2.75, 3.05) is 13.2 Å². The van der Waals surface area contributed by atoms with Crippen LogP contribution in [-0.4, -0.2) is 33.8 Å².